The fourth-order valence-corrected chi connectivity index (χ4v) is 10.5. The zero-order valence-corrected chi connectivity index (χ0v) is 23.7. The molecule has 2 unspecified atom stereocenters. The van der Waals surface area contributed by atoms with Crippen molar-refractivity contribution in [1.29, 1.82) is 0 Å². The van der Waals surface area contributed by atoms with Crippen molar-refractivity contribution in [3.63, 3.8) is 0 Å². The molecular formula is C28H34Cl2Zr. The maximum Gasteiger partial charge on any atom is -1.00 e. The molecule has 0 bridgehead atoms. The van der Waals surface area contributed by atoms with Crippen molar-refractivity contribution in [2.45, 2.75) is 74.5 Å². The van der Waals surface area contributed by atoms with E-state index in [1.165, 1.54) is 47.9 Å². The summed E-state index contributed by atoms with van der Waals surface area (Å²) < 4.78 is 1.48. The first kappa shape index (κ1) is 26.6. The Balaban J connectivity index is 0.00000171. The standard InChI is InChI=1S/2C14H17.2ClH.Zr/c2*1-4-5-12-8-13-7-10(2)6-11(3)14(13)9-12;;;/h2*6-9H,4-5H2,1-3H3;2*1H;/q;;;;+2/p-2. The van der Waals surface area contributed by atoms with Crippen LogP contribution in [0.2, 0.25) is 0 Å². The van der Waals surface area contributed by atoms with Crippen molar-refractivity contribution in [1.82, 2.24) is 0 Å². The van der Waals surface area contributed by atoms with E-state index in [1.54, 1.807) is 33.4 Å². The van der Waals surface area contributed by atoms with Crippen LogP contribution in [0, 0.1) is 27.7 Å². The van der Waals surface area contributed by atoms with Crippen LogP contribution in [-0.4, -0.2) is 0 Å². The fraction of sp³-hybridized carbons (Fsp3) is 0.429. The van der Waals surface area contributed by atoms with Crippen LogP contribution in [0.25, 0.3) is 12.2 Å². The zero-order chi connectivity index (χ0) is 20.7. The van der Waals surface area contributed by atoms with Gasteiger partial charge in [-0.15, -0.1) is 0 Å². The van der Waals surface area contributed by atoms with Crippen LogP contribution >= 0.6 is 0 Å². The number of halogens is 2. The first-order valence-electron chi connectivity index (χ1n) is 11.3. The van der Waals surface area contributed by atoms with E-state index in [2.05, 4.69) is 78.0 Å². The van der Waals surface area contributed by atoms with Crippen LogP contribution in [0.15, 0.2) is 35.4 Å². The number of aryl methyl sites for hydroxylation is 4. The molecular weight excluding hydrogens is 498 g/mol. The van der Waals surface area contributed by atoms with Crippen LogP contribution in [0.3, 0.4) is 0 Å². The molecule has 0 aliphatic heterocycles. The van der Waals surface area contributed by atoms with Crippen molar-refractivity contribution in [2.24, 2.45) is 0 Å². The molecule has 2 aromatic carbocycles. The molecule has 0 N–H and O–H groups in total. The molecule has 2 atom stereocenters. The fourth-order valence-electron chi connectivity index (χ4n) is 5.40. The van der Waals surface area contributed by atoms with Gasteiger partial charge >= 0.3 is 190 Å². The Kier molecular flexibility index (Phi) is 9.45. The average molecular weight is 533 g/mol. The minimum absolute atomic E-state index is 0. The molecule has 0 fully saturated rings. The van der Waals surface area contributed by atoms with Gasteiger partial charge in [-0.1, -0.05) is 0 Å². The van der Waals surface area contributed by atoms with Gasteiger partial charge < -0.3 is 24.8 Å². The minimum atomic E-state index is -0.751. The molecule has 0 saturated heterocycles. The third kappa shape index (κ3) is 5.15. The first-order chi connectivity index (χ1) is 13.9. The summed E-state index contributed by atoms with van der Waals surface area (Å²) in [7, 11) is 0. The third-order valence-corrected chi connectivity index (χ3v) is 11.6. The normalized spacial score (nSPS) is 18.3. The summed E-state index contributed by atoms with van der Waals surface area (Å²) in [5.74, 6) is 0. The summed E-state index contributed by atoms with van der Waals surface area (Å²) in [5, 5.41) is 0. The SMILES string of the molecule is CCCC1=Cc2c(C)cc(C)cc2[CH]1[Zr+2][CH]1C(CCC)=Cc2c(C)cc(C)cc21.[Cl-].[Cl-]. The Morgan fingerprint density at radius 1 is 0.645 bits per heavy atom. The van der Waals surface area contributed by atoms with E-state index in [0.717, 1.165) is 7.25 Å². The molecule has 0 heterocycles. The number of allylic oxidation sites excluding steroid dienone is 2. The predicted molar refractivity (Wildman–Crippen MR) is 123 cm³/mol. The number of hydrogen-bond donors (Lipinski definition) is 0. The van der Waals surface area contributed by atoms with E-state index in [9.17, 15) is 0 Å². The van der Waals surface area contributed by atoms with Gasteiger partial charge in [-0.2, -0.15) is 0 Å². The van der Waals surface area contributed by atoms with Crippen molar-refractivity contribution < 1.29 is 48.0 Å². The van der Waals surface area contributed by atoms with Gasteiger partial charge in [0.25, 0.3) is 0 Å². The van der Waals surface area contributed by atoms with E-state index >= 15 is 0 Å². The number of rotatable bonds is 6. The molecule has 0 spiro atoms. The zero-order valence-electron chi connectivity index (χ0n) is 19.7. The molecule has 2 aliphatic rings. The van der Waals surface area contributed by atoms with Crippen molar-refractivity contribution in [2.75, 3.05) is 0 Å². The van der Waals surface area contributed by atoms with Crippen molar-refractivity contribution in [3.8, 4) is 0 Å². The molecule has 2 aliphatic carbocycles. The van der Waals surface area contributed by atoms with Crippen LogP contribution in [-0.2, 0) is 23.2 Å². The van der Waals surface area contributed by atoms with E-state index in [1.807, 2.05) is 0 Å². The smallest absolute Gasteiger partial charge is 1.00 e. The molecule has 0 nitrogen and oxygen atoms in total. The third-order valence-electron chi connectivity index (χ3n) is 6.56. The summed E-state index contributed by atoms with van der Waals surface area (Å²) in [5.41, 5.74) is 15.7. The second kappa shape index (κ2) is 11.0. The molecule has 164 valence electrons. The van der Waals surface area contributed by atoms with E-state index < -0.39 is 23.2 Å². The van der Waals surface area contributed by atoms with Gasteiger partial charge in [0.1, 0.15) is 0 Å². The molecule has 2 aromatic rings. The minimum Gasteiger partial charge on any atom is -1.00 e. The number of fused-ring (bicyclic) bond motifs is 2. The summed E-state index contributed by atoms with van der Waals surface area (Å²) in [6.45, 7) is 13.8. The summed E-state index contributed by atoms with van der Waals surface area (Å²) in [6.07, 6.45) is 10.2. The van der Waals surface area contributed by atoms with Crippen LogP contribution in [0.4, 0.5) is 0 Å². The summed E-state index contributed by atoms with van der Waals surface area (Å²) in [4.78, 5) is 0. The van der Waals surface area contributed by atoms with E-state index in [4.69, 9.17) is 0 Å². The largest absolute Gasteiger partial charge is 1.00 e. The Morgan fingerprint density at radius 3 is 1.39 bits per heavy atom. The summed E-state index contributed by atoms with van der Waals surface area (Å²) in [6, 6.07) is 9.75. The van der Waals surface area contributed by atoms with Gasteiger partial charge in [0, 0.05) is 0 Å². The van der Waals surface area contributed by atoms with E-state index in [-0.39, 0.29) is 24.8 Å². The van der Waals surface area contributed by atoms with Gasteiger partial charge in [0.05, 0.1) is 0 Å². The second-order valence-corrected chi connectivity index (χ2v) is 12.8. The number of benzene rings is 2. The molecule has 0 amide bonds. The Bertz CT molecular complexity index is 935. The molecule has 3 heteroatoms. The van der Waals surface area contributed by atoms with E-state index in [0.29, 0.717) is 0 Å². The average Bonchev–Trinajstić information content (AvgIpc) is 3.16. The molecule has 0 aromatic heterocycles. The van der Waals surface area contributed by atoms with Gasteiger partial charge in [-0.25, -0.2) is 0 Å². The Morgan fingerprint density at radius 2 is 1.03 bits per heavy atom. The first-order valence-corrected chi connectivity index (χ1v) is 14.2. The maximum atomic E-state index is 2.57. The van der Waals surface area contributed by atoms with Gasteiger partial charge in [0.2, 0.25) is 0 Å². The Labute approximate surface area is 213 Å². The topological polar surface area (TPSA) is 0 Å². The summed E-state index contributed by atoms with van der Waals surface area (Å²) >= 11 is -0.751. The molecule has 0 saturated carbocycles. The predicted octanol–water partition coefficient (Wildman–Crippen LogP) is 2.19. The molecule has 31 heavy (non-hydrogen) atoms. The number of hydrogen-bond acceptors (Lipinski definition) is 0. The van der Waals surface area contributed by atoms with Gasteiger partial charge in [-0.05, 0) is 0 Å². The van der Waals surface area contributed by atoms with Crippen molar-refractivity contribution in [3.05, 3.63) is 79.9 Å². The van der Waals surface area contributed by atoms with Crippen LogP contribution < -0.4 is 24.8 Å². The monoisotopic (exact) mass is 530 g/mol. The second-order valence-electron chi connectivity index (χ2n) is 9.14. The van der Waals surface area contributed by atoms with Gasteiger partial charge in [0.15, 0.2) is 0 Å². The van der Waals surface area contributed by atoms with Gasteiger partial charge in [-0.3, -0.25) is 0 Å². The molecule has 4 rings (SSSR count). The Hall–Kier alpha value is -0.617. The maximum absolute atomic E-state index is 2.57. The quantitative estimate of drug-likeness (QED) is 0.535. The molecule has 0 radical (unpaired) electrons. The van der Waals surface area contributed by atoms with Crippen LogP contribution in [0.1, 0.15) is 91.3 Å². The van der Waals surface area contributed by atoms with Crippen molar-refractivity contribution >= 4 is 12.2 Å². The van der Waals surface area contributed by atoms with Crippen LogP contribution in [0.5, 0.6) is 0 Å².